The molecule has 2 N–H and O–H groups in total. The Labute approximate surface area is 183 Å². The van der Waals surface area contributed by atoms with Crippen LogP contribution in [0.3, 0.4) is 0 Å². The van der Waals surface area contributed by atoms with E-state index in [1.54, 1.807) is 18.2 Å². The van der Waals surface area contributed by atoms with Crippen LogP contribution in [-0.4, -0.2) is 10.2 Å². The highest BCUT2D eigenvalue weighted by atomic mass is 16.5. The van der Waals surface area contributed by atoms with Crippen molar-refractivity contribution in [3.8, 4) is 23.0 Å². The number of phenolic OH excluding ortho intramolecular Hbond substituents is 2. The third-order valence-corrected chi connectivity index (χ3v) is 5.31. The van der Waals surface area contributed by atoms with Crippen LogP contribution in [0.4, 0.5) is 0 Å². The first-order valence-corrected chi connectivity index (χ1v) is 10.6. The van der Waals surface area contributed by atoms with Crippen molar-refractivity contribution in [3.05, 3.63) is 119 Å². The average molecular weight is 411 g/mol. The molecule has 0 bridgehead atoms. The fourth-order valence-corrected chi connectivity index (χ4v) is 3.58. The summed E-state index contributed by atoms with van der Waals surface area (Å²) in [6.07, 6.45) is 3.63. The van der Waals surface area contributed by atoms with Gasteiger partial charge in [0.2, 0.25) is 0 Å². The standard InChI is InChI=1S/C28H26O3/c29-25-15-11-21(12-16-25)8-10-24-4-2-6-28(20-24)31-27-17-13-22(14-18-27)7-9-23-3-1-5-26(30)19-23/h1-6,11-20,29-30H,7-10H2. The van der Waals surface area contributed by atoms with E-state index in [0.29, 0.717) is 11.5 Å². The largest absolute Gasteiger partial charge is 0.508 e. The van der Waals surface area contributed by atoms with Gasteiger partial charge in [0.25, 0.3) is 0 Å². The number of hydrogen-bond acceptors (Lipinski definition) is 3. The molecule has 0 heterocycles. The van der Waals surface area contributed by atoms with E-state index in [9.17, 15) is 10.2 Å². The van der Waals surface area contributed by atoms with Crippen molar-refractivity contribution in [2.75, 3.05) is 0 Å². The minimum Gasteiger partial charge on any atom is -0.508 e. The summed E-state index contributed by atoms with van der Waals surface area (Å²) in [5.74, 6) is 2.25. The van der Waals surface area contributed by atoms with E-state index in [4.69, 9.17) is 4.74 Å². The van der Waals surface area contributed by atoms with Crippen LogP contribution in [0.2, 0.25) is 0 Å². The van der Waals surface area contributed by atoms with Crippen LogP contribution in [0.5, 0.6) is 23.0 Å². The predicted octanol–water partition coefficient (Wildman–Crippen LogP) is 6.46. The lowest BCUT2D eigenvalue weighted by atomic mass is 10.0. The molecule has 0 atom stereocenters. The molecule has 156 valence electrons. The molecule has 3 nitrogen and oxygen atoms in total. The van der Waals surface area contributed by atoms with Crippen LogP contribution in [0.25, 0.3) is 0 Å². The molecule has 0 spiro atoms. The van der Waals surface area contributed by atoms with Crippen molar-refractivity contribution in [2.24, 2.45) is 0 Å². The highest BCUT2D eigenvalue weighted by Gasteiger charge is 2.03. The van der Waals surface area contributed by atoms with Crippen molar-refractivity contribution >= 4 is 0 Å². The SMILES string of the molecule is Oc1ccc(CCc2cccc(Oc3ccc(CCc4cccc(O)c4)cc3)c2)cc1. The number of hydrogen-bond donors (Lipinski definition) is 2. The van der Waals surface area contributed by atoms with Crippen molar-refractivity contribution < 1.29 is 14.9 Å². The fraction of sp³-hybridized carbons (Fsp3) is 0.143. The van der Waals surface area contributed by atoms with E-state index >= 15 is 0 Å². The van der Waals surface area contributed by atoms with Gasteiger partial charge in [-0.25, -0.2) is 0 Å². The Hall–Kier alpha value is -3.72. The van der Waals surface area contributed by atoms with Gasteiger partial charge >= 0.3 is 0 Å². The van der Waals surface area contributed by atoms with E-state index in [-0.39, 0.29) is 0 Å². The number of benzene rings is 4. The minimum atomic E-state index is 0.296. The Morgan fingerprint density at radius 1 is 0.452 bits per heavy atom. The Morgan fingerprint density at radius 3 is 1.65 bits per heavy atom. The summed E-state index contributed by atoms with van der Waals surface area (Å²) in [4.78, 5) is 0. The van der Waals surface area contributed by atoms with Crippen molar-refractivity contribution in [3.63, 3.8) is 0 Å². The minimum absolute atomic E-state index is 0.296. The van der Waals surface area contributed by atoms with Gasteiger partial charge in [0.05, 0.1) is 0 Å². The lowest BCUT2D eigenvalue weighted by molar-refractivity contribution is 0.474. The van der Waals surface area contributed by atoms with Crippen LogP contribution in [0.15, 0.2) is 97.1 Å². The molecule has 0 aromatic heterocycles. The maximum Gasteiger partial charge on any atom is 0.127 e. The van der Waals surface area contributed by atoms with Gasteiger partial charge in [0.15, 0.2) is 0 Å². The molecule has 0 saturated heterocycles. The molecule has 0 fully saturated rings. The van der Waals surface area contributed by atoms with Gasteiger partial charge in [-0.05, 0) is 96.5 Å². The molecule has 0 amide bonds. The lowest BCUT2D eigenvalue weighted by Crippen LogP contribution is -1.93. The summed E-state index contributed by atoms with van der Waals surface area (Å²) in [5.41, 5.74) is 4.78. The highest BCUT2D eigenvalue weighted by Crippen LogP contribution is 2.24. The fourth-order valence-electron chi connectivity index (χ4n) is 3.58. The van der Waals surface area contributed by atoms with E-state index < -0.39 is 0 Å². The van der Waals surface area contributed by atoms with Crippen LogP contribution in [0, 0.1) is 0 Å². The third-order valence-electron chi connectivity index (χ3n) is 5.31. The van der Waals surface area contributed by atoms with Gasteiger partial charge in [-0.3, -0.25) is 0 Å². The van der Waals surface area contributed by atoms with E-state index in [0.717, 1.165) is 42.7 Å². The molecule has 0 unspecified atom stereocenters. The summed E-state index contributed by atoms with van der Waals surface area (Å²) in [7, 11) is 0. The van der Waals surface area contributed by atoms with Crippen LogP contribution >= 0.6 is 0 Å². The van der Waals surface area contributed by atoms with Crippen LogP contribution in [-0.2, 0) is 25.7 Å². The molecule has 0 aliphatic rings. The maximum absolute atomic E-state index is 9.58. The third kappa shape index (κ3) is 6.13. The molecule has 0 aliphatic carbocycles. The number of phenols is 2. The first-order chi connectivity index (χ1) is 15.1. The molecule has 4 aromatic rings. The van der Waals surface area contributed by atoms with Crippen molar-refractivity contribution in [1.29, 1.82) is 0 Å². The second-order valence-corrected chi connectivity index (χ2v) is 7.73. The summed E-state index contributed by atoms with van der Waals surface area (Å²) in [5, 5.41) is 19.0. The molecular formula is C28H26O3. The number of aryl methyl sites for hydroxylation is 4. The second-order valence-electron chi connectivity index (χ2n) is 7.73. The molecule has 4 rings (SSSR count). The smallest absolute Gasteiger partial charge is 0.127 e. The first kappa shape index (κ1) is 20.5. The van der Waals surface area contributed by atoms with E-state index in [1.165, 1.54) is 16.7 Å². The van der Waals surface area contributed by atoms with Crippen molar-refractivity contribution in [1.82, 2.24) is 0 Å². The van der Waals surface area contributed by atoms with Crippen LogP contribution < -0.4 is 4.74 Å². The molecule has 0 saturated carbocycles. The number of rotatable bonds is 8. The van der Waals surface area contributed by atoms with Gasteiger partial charge < -0.3 is 14.9 Å². The first-order valence-electron chi connectivity index (χ1n) is 10.6. The monoisotopic (exact) mass is 410 g/mol. The normalized spacial score (nSPS) is 10.7. The zero-order valence-corrected chi connectivity index (χ0v) is 17.4. The van der Waals surface area contributed by atoms with E-state index in [2.05, 4.69) is 24.3 Å². The second kappa shape index (κ2) is 9.86. The summed E-state index contributed by atoms with van der Waals surface area (Å²) < 4.78 is 6.05. The van der Waals surface area contributed by atoms with Crippen molar-refractivity contribution in [2.45, 2.75) is 25.7 Å². The maximum atomic E-state index is 9.58. The summed E-state index contributed by atoms with van der Waals surface area (Å²) >= 11 is 0. The highest BCUT2D eigenvalue weighted by molar-refractivity contribution is 5.36. The molecule has 0 radical (unpaired) electrons. The molecule has 31 heavy (non-hydrogen) atoms. The number of aromatic hydroxyl groups is 2. The zero-order valence-electron chi connectivity index (χ0n) is 17.4. The Bertz CT molecular complexity index is 1120. The van der Waals surface area contributed by atoms with Gasteiger partial charge in [-0.1, -0.05) is 48.5 Å². The topological polar surface area (TPSA) is 49.7 Å². The molecular weight excluding hydrogens is 384 g/mol. The zero-order chi connectivity index (χ0) is 21.5. The van der Waals surface area contributed by atoms with Gasteiger partial charge in [0.1, 0.15) is 23.0 Å². The van der Waals surface area contributed by atoms with E-state index in [1.807, 2.05) is 54.6 Å². The average Bonchev–Trinajstić information content (AvgIpc) is 2.79. The van der Waals surface area contributed by atoms with Gasteiger partial charge in [-0.2, -0.15) is 0 Å². The Morgan fingerprint density at radius 2 is 1.00 bits per heavy atom. The van der Waals surface area contributed by atoms with Crippen LogP contribution in [0.1, 0.15) is 22.3 Å². The summed E-state index contributed by atoms with van der Waals surface area (Å²) in [6, 6.07) is 31.1. The van der Waals surface area contributed by atoms with Gasteiger partial charge in [-0.15, -0.1) is 0 Å². The number of ether oxygens (including phenoxy) is 1. The molecule has 4 aromatic carbocycles. The quantitative estimate of drug-likeness (QED) is 0.350. The predicted molar refractivity (Wildman–Crippen MR) is 124 cm³/mol. The summed E-state index contributed by atoms with van der Waals surface area (Å²) in [6.45, 7) is 0. The Kier molecular flexibility index (Phi) is 6.53. The lowest BCUT2D eigenvalue weighted by Gasteiger charge is -2.09. The molecule has 0 aliphatic heterocycles. The molecule has 3 heteroatoms. The Balaban J connectivity index is 1.32. The van der Waals surface area contributed by atoms with Gasteiger partial charge in [0, 0.05) is 0 Å².